The Morgan fingerprint density at radius 2 is 2.00 bits per heavy atom. The lowest BCUT2D eigenvalue weighted by molar-refractivity contribution is -0.121. The van der Waals surface area contributed by atoms with Gasteiger partial charge in [0.25, 0.3) is 0 Å². The van der Waals surface area contributed by atoms with E-state index in [0.717, 1.165) is 5.56 Å². The standard InChI is InChI=1S/C14H16FN3O2/c1-10-17-18-14(20-10)7-6-13(19)16-9-8-11-2-4-12(15)5-3-11/h2-5H,6-9H2,1H3,(H,16,19). The van der Waals surface area contributed by atoms with Gasteiger partial charge in [0.15, 0.2) is 0 Å². The van der Waals surface area contributed by atoms with Gasteiger partial charge in [0, 0.05) is 26.3 Å². The molecule has 0 fully saturated rings. The molecule has 0 spiro atoms. The van der Waals surface area contributed by atoms with Crippen LogP contribution in [0.1, 0.15) is 23.8 Å². The third-order valence-electron chi connectivity index (χ3n) is 2.78. The van der Waals surface area contributed by atoms with E-state index in [2.05, 4.69) is 15.5 Å². The summed E-state index contributed by atoms with van der Waals surface area (Å²) in [6.45, 7) is 2.23. The molecule has 1 N–H and O–H groups in total. The van der Waals surface area contributed by atoms with Crippen LogP contribution in [-0.4, -0.2) is 22.6 Å². The number of halogens is 1. The van der Waals surface area contributed by atoms with Crippen molar-refractivity contribution in [2.24, 2.45) is 0 Å². The quantitative estimate of drug-likeness (QED) is 0.874. The summed E-state index contributed by atoms with van der Waals surface area (Å²) in [6.07, 6.45) is 1.42. The first-order valence-electron chi connectivity index (χ1n) is 6.43. The van der Waals surface area contributed by atoms with Crippen molar-refractivity contribution in [3.8, 4) is 0 Å². The summed E-state index contributed by atoms with van der Waals surface area (Å²) < 4.78 is 17.9. The second-order valence-electron chi connectivity index (χ2n) is 4.44. The maximum atomic E-state index is 12.7. The Kier molecular flexibility index (Phi) is 4.81. The fourth-order valence-corrected chi connectivity index (χ4v) is 1.74. The van der Waals surface area contributed by atoms with Gasteiger partial charge in [-0.15, -0.1) is 10.2 Å². The fraction of sp³-hybridized carbons (Fsp3) is 0.357. The van der Waals surface area contributed by atoms with Crippen LogP contribution in [0.5, 0.6) is 0 Å². The minimum absolute atomic E-state index is 0.0667. The normalized spacial score (nSPS) is 10.5. The topological polar surface area (TPSA) is 68.0 Å². The van der Waals surface area contributed by atoms with Crippen molar-refractivity contribution in [3.05, 3.63) is 47.4 Å². The molecule has 1 aromatic heterocycles. The Morgan fingerprint density at radius 3 is 2.65 bits per heavy atom. The molecule has 0 bridgehead atoms. The predicted octanol–water partition coefficient (Wildman–Crippen LogP) is 1.81. The number of amides is 1. The molecular formula is C14H16FN3O2. The van der Waals surface area contributed by atoms with E-state index in [4.69, 9.17) is 4.42 Å². The summed E-state index contributed by atoms with van der Waals surface area (Å²) in [5.41, 5.74) is 0.985. The fourth-order valence-electron chi connectivity index (χ4n) is 1.74. The number of nitrogens with zero attached hydrogens (tertiary/aromatic N) is 2. The zero-order chi connectivity index (χ0) is 14.4. The summed E-state index contributed by atoms with van der Waals surface area (Å²) in [4.78, 5) is 11.6. The van der Waals surface area contributed by atoms with Gasteiger partial charge in [0.2, 0.25) is 17.7 Å². The van der Waals surface area contributed by atoms with Gasteiger partial charge in [-0.25, -0.2) is 4.39 Å². The second kappa shape index (κ2) is 6.79. The van der Waals surface area contributed by atoms with Gasteiger partial charge in [-0.1, -0.05) is 12.1 Å². The van der Waals surface area contributed by atoms with E-state index in [1.54, 1.807) is 19.1 Å². The molecule has 0 atom stereocenters. The van der Waals surface area contributed by atoms with Gasteiger partial charge in [-0.05, 0) is 24.1 Å². The number of carbonyl (C=O) groups excluding carboxylic acids is 1. The van der Waals surface area contributed by atoms with E-state index in [0.29, 0.717) is 37.6 Å². The van der Waals surface area contributed by atoms with E-state index in [-0.39, 0.29) is 11.7 Å². The highest BCUT2D eigenvalue weighted by Gasteiger charge is 2.06. The van der Waals surface area contributed by atoms with Gasteiger partial charge in [-0.2, -0.15) is 0 Å². The largest absolute Gasteiger partial charge is 0.426 e. The van der Waals surface area contributed by atoms with Crippen LogP contribution >= 0.6 is 0 Å². The van der Waals surface area contributed by atoms with Crippen LogP contribution in [0.25, 0.3) is 0 Å². The van der Waals surface area contributed by atoms with Gasteiger partial charge in [0.05, 0.1) is 0 Å². The molecule has 5 nitrogen and oxygen atoms in total. The number of hydrogen-bond acceptors (Lipinski definition) is 4. The zero-order valence-corrected chi connectivity index (χ0v) is 11.2. The molecule has 0 saturated heterocycles. The average Bonchev–Trinajstić information content (AvgIpc) is 2.85. The van der Waals surface area contributed by atoms with Gasteiger partial charge < -0.3 is 9.73 Å². The highest BCUT2D eigenvalue weighted by molar-refractivity contribution is 5.75. The first kappa shape index (κ1) is 14.2. The molecule has 2 aromatic rings. The lowest BCUT2D eigenvalue weighted by atomic mass is 10.1. The van der Waals surface area contributed by atoms with Crippen LogP contribution in [0.3, 0.4) is 0 Å². The molecule has 0 radical (unpaired) electrons. The monoisotopic (exact) mass is 277 g/mol. The molecule has 6 heteroatoms. The van der Waals surface area contributed by atoms with Crippen LogP contribution in [-0.2, 0) is 17.6 Å². The number of nitrogens with one attached hydrogen (secondary N) is 1. The SMILES string of the molecule is Cc1nnc(CCC(=O)NCCc2ccc(F)cc2)o1. The Labute approximate surface area is 116 Å². The highest BCUT2D eigenvalue weighted by atomic mass is 19.1. The van der Waals surface area contributed by atoms with Crippen molar-refractivity contribution in [1.29, 1.82) is 0 Å². The maximum Gasteiger partial charge on any atom is 0.220 e. The number of benzene rings is 1. The lowest BCUT2D eigenvalue weighted by Crippen LogP contribution is -2.25. The van der Waals surface area contributed by atoms with E-state index >= 15 is 0 Å². The second-order valence-corrected chi connectivity index (χ2v) is 4.44. The molecule has 1 amide bonds. The van der Waals surface area contributed by atoms with Crippen LogP contribution < -0.4 is 5.32 Å². The Balaban J connectivity index is 1.66. The summed E-state index contributed by atoms with van der Waals surface area (Å²) >= 11 is 0. The van der Waals surface area contributed by atoms with E-state index in [1.807, 2.05) is 0 Å². The highest BCUT2D eigenvalue weighted by Crippen LogP contribution is 2.03. The number of aryl methyl sites for hydroxylation is 2. The first-order chi connectivity index (χ1) is 9.63. The lowest BCUT2D eigenvalue weighted by Gasteiger charge is -2.04. The Bertz CT molecular complexity index is 566. The number of rotatable bonds is 6. The molecule has 0 saturated carbocycles. The molecule has 1 heterocycles. The summed E-state index contributed by atoms with van der Waals surface area (Å²) in [5, 5.41) is 10.3. The molecule has 0 unspecified atom stereocenters. The Hall–Kier alpha value is -2.24. The van der Waals surface area contributed by atoms with Crippen LogP contribution in [0.2, 0.25) is 0 Å². The van der Waals surface area contributed by atoms with Crippen molar-refractivity contribution in [2.75, 3.05) is 6.54 Å². The van der Waals surface area contributed by atoms with E-state index in [9.17, 15) is 9.18 Å². The minimum Gasteiger partial charge on any atom is -0.426 e. The molecule has 1 aromatic carbocycles. The molecule has 106 valence electrons. The maximum absolute atomic E-state index is 12.7. The van der Waals surface area contributed by atoms with Crippen molar-refractivity contribution in [1.82, 2.24) is 15.5 Å². The van der Waals surface area contributed by atoms with Crippen molar-refractivity contribution in [3.63, 3.8) is 0 Å². The number of hydrogen-bond donors (Lipinski definition) is 1. The summed E-state index contributed by atoms with van der Waals surface area (Å²) in [7, 11) is 0. The van der Waals surface area contributed by atoms with Crippen LogP contribution in [0.4, 0.5) is 4.39 Å². The zero-order valence-electron chi connectivity index (χ0n) is 11.2. The van der Waals surface area contributed by atoms with Crippen LogP contribution in [0, 0.1) is 12.7 Å². The first-order valence-corrected chi connectivity index (χ1v) is 6.43. The molecule has 2 rings (SSSR count). The smallest absolute Gasteiger partial charge is 0.220 e. The number of aromatic nitrogens is 2. The third-order valence-corrected chi connectivity index (χ3v) is 2.78. The van der Waals surface area contributed by atoms with Crippen molar-refractivity contribution < 1.29 is 13.6 Å². The average molecular weight is 277 g/mol. The van der Waals surface area contributed by atoms with Gasteiger partial charge in [0.1, 0.15) is 5.82 Å². The molecular weight excluding hydrogens is 261 g/mol. The van der Waals surface area contributed by atoms with E-state index < -0.39 is 0 Å². The molecule has 0 aliphatic rings. The molecule has 20 heavy (non-hydrogen) atoms. The molecule has 0 aliphatic carbocycles. The van der Waals surface area contributed by atoms with E-state index in [1.165, 1.54) is 12.1 Å². The number of carbonyl (C=O) groups is 1. The van der Waals surface area contributed by atoms with Gasteiger partial charge >= 0.3 is 0 Å². The predicted molar refractivity (Wildman–Crippen MR) is 70.5 cm³/mol. The van der Waals surface area contributed by atoms with Crippen LogP contribution in [0.15, 0.2) is 28.7 Å². The van der Waals surface area contributed by atoms with Crippen molar-refractivity contribution >= 4 is 5.91 Å². The van der Waals surface area contributed by atoms with Gasteiger partial charge in [-0.3, -0.25) is 4.79 Å². The summed E-state index contributed by atoms with van der Waals surface area (Å²) in [5.74, 6) is 0.642. The van der Waals surface area contributed by atoms with Crippen molar-refractivity contribution in [2.45, 2.75) is 26.2 Å². The third kappa shape index (κ3) is 4.46. The minimum atomic E-state index is -0.257. The molecule has 0 aliphatic heterocycles. The summed E-state index contributed by atoms with van der Waals surface area (Å²) in [6, 6.07) is 6.25. The Morgan fingerprint density at radius 1 is 1.25 bits per heavy atom.